The van der Waals surface area contributed by atoms with Gasteiger partial charge in [0.2, 0.25) is 0 Å². The third kappa shape index (κ3) is 4.80. The van der Waals surface area contributed by atoms with Crippen molar-refractivity contribution in [1.82, 2.24) is 20.2 Å². The van der Waals surface area contributed by atoms with Crippen molar-refractivity contribution in [3.63, 3.8) is 0 Å². The van der Waals surface area contributed by atoms with Crippen LogP contribution in [-0.4, -0.2) is 46.1 Å². The van der Waals surface area contributed by atoms with Gasteiger partial charge in [0.15, 0.2) is 5.96 Å². The first-order chi connectivity index (χ1) is 12.7. The third-order valence-electron chi connectivity index (χ3n) is 4.46. The van der Waals surface area contributed by atoms with Gasteiger partial charge in [-0.1, -0.05) is 0 Å². The second kappa shape index (κ2) is 9.09. The van der Waals surface area contributed by atoms with Gasteiger partial charge in [-0.05, 0) is 50.3 Å². The van der Waals surface area contributed by atoms with Gasteiger partial charge >= 0.3 is 0 Å². The summed E-state index contributed by atoms with van der Waals surface area (Å²) in [4.78, 5) is 16.9. The summed E-state index contributed by atoms with van der Waals surface area (Å²) in [7, 11) is 2.01. The van der Waals surface area contributed by atoms with Gasteiger partial charge in [0.1, 0.15) is 5.01 Å². The predicted molar refractivity (Wildman–Crippen MR) is 105 cm³/mol. The minimum atomic E-state index is -0.632. The lowest BCUT2D eigenvalue weighted by Gasteiger charge is -2.21. The molecule has 0 amide bonds. The molecule has 0 saturated carbocycles. The molecule has 1 unspecified atom stereocenters. The number of aromatic nitrogens is 2. The Morgan fingerprint density at radius 2 is 2.12 bits per heavy atom. The van der Waals surface area contributed by atoms with Crippen LogP contribution in [0.3, 0.4) is 0 Å². The smallest absolute Gasteiger partial charge is 0.194 e. The van der Waals surface area contributed by atoms with Crippen LogP contribution in [0.2, 0.25) is 0 Å². The Kier molecular flexibility index (Phi) is 6.57. The zero-order valence-corrected chi connectivity index (χ0v) is 16.3. The molecule has 140 valence electrons. The van der Waals surface area contributed by atoms with E-state index in [0.29, 0.717) is 6.54 Å². The van der Waals surface area contributed by atoms with E-state index in [-0.39, 0.29) is 0 Å². The fourth-order valence-electron chi connectivity index (χ4n) is 3.08. The molecular weight excluding hydrogens is 346 g/mol. The number of aliphatic hydroxyl groups is 1. The molecule has 0 aliphatic heterocycles. The van der Waals surface area contributed by atoms with Crippen molar-refractivity contribution in [2.75, 3.05) is 20.1 Å². The van der Waals surface area contributed by atoms with Crippen LogP contribution >= 0.6 is 11.3 Å². The molecule has 2 aromatic heterocycles. The Bertz CT molecular complexity index is 707. The molecule has 0 bridgehead atoms. The van der Waals surface area contributed by atoms with E-state index < -0.39 is 6.10 Å². The van der Waals surface area contributed by atoms with E-state index in [1.165, 1.54) is 29.8 Å². The van der Waals surface area contributed by atoms with Gasteiger partial charge in [0.05, 0.1) is 24.9 Å². The van der Waals surface area contributed by atoms with Gasteiger partial charge in [0, 0.05) is 30.9 Å². The maximum absolute atomic E-state index is 10.3. The Balaban J connectivity index is 1.65. The summed E-state index contributed by atoms with van der Waals surface area (Å²) in [5.41, 5.74) is 2.12. The van der Waals surface area contributed by atoms with E-state index in [1.807, 2.05) is 37.4 Å². The third-order valence-corrected chi connectivity index (χ3v) is 5.61. The molecule has 0 fully saturated rings. The number of fused-ring (bicyclic) bond motifs is 1. The summed E-state index contributed by atoms with van der Waals surface area (Å²) in [6.07, 6.45) is 7.55. The number of aryl methyl sites for hydroxylation is 2. The number of nitrogens with one attached hydrogen (secondary N) is 1. The first-order valence-electron chi connectivity index (χ1n) is 9.22. The van der Waals surface area contributed by atoms with Crippen LogP contribution < -0.4 is 5.32 Å². The zero-order valence-electron chi connectivity index (χ0n) is 15.5. The zero-order chi connectivity index (χ0) is 18.4. The van der Waals surface area contributed by atoms with E-state index >= 15 is 0 Å². The van der Waals surface area contributed by atoms with E-state index in [0.717, 1.165) is 36.0 Å². The molecule has 0 saturated heterocycles. The summed E-state index contributed by atoms with van der Waals surface area (Å²) in [6.45, 7) is 3.87. The first kappa shape index (κ1) is 18.8. The van der Waals surface area contributed by atoms with Gasteiger partial charge in [-0.15, -0.1) is 11.3 Å². The highest BCUT2D eigenvalue weighted by atomic mass is 32.1. The SMILES string of the molecule is CCNC(=NCC(O)c1ccncc1)N(C)Cc1nc2c(s1)CCCC2. The molecule has 3 rings (SSSR count). The van der Waals surface area contributed by atoms with Crippen LogP contribution in [0, 0.1) is 0 Å². The van der Waals surface area contributed by atoms with Crippen LogP contribution in [0.1, 0.15) is 47.0 Å². The molecule has 0 spiro atoms. The molecule has 0 radical (unpaired) electrons. The van der Waals surface area contributed by atoms with E-state index in [1.54, 1.807) is 12.4 Å². The predicted octanol–water partition coefficient (Wildman–Crippen LogP) is 2.55. The molecular formula is C19H27N5OS. The second-order valence-corrected chi connectivity index (χ2v) is 7.70. The van der Waals surface area contributed by atoms with Crippen LogP contribution in [-0.2, 0) is 19.4 Å². The number of rotatable bonds is 6. The highest BCUT2D eigenvalue weighted by Crippen LogP contribution is 2.27. The average Bonchev–Trinajstić information content (AvgIpc) is 3.07. The largest absolute Gasteiger partial charge is 0.386 e. The summed E-state index contributed by atoms with van der Waals surface area (Å²) in [6, 6.07) is 3.63. The summed E-state index contributed by atoms with van der Waals surface area (Å²) >= 11 is 1.83. The number of hydrogen-bond donors (Lipinski definition) is 2. The molecule has 1 atom stereocenters. The van der Waals surface area contributed by atoms with Gasteiger partial charge in [-0.3, -0.25) is 9.98 Å². The molecule has 2 heterocycles. The lowest BCUT2D eigenvalue weighted by Crippen LogP contribution is -2.38. The summed E-state index contributed by atoms with van der Waals surface area (Å²) in [5.74, 6) is 0.786. The standard InChI is InChI=1S/C19H27N5OS/c1-3-21-19(22-12-16(25)14-8-10-20-11-9-14)24(2)13-18-23-15-6-4-5-7-17(15)26-18/h8-11,16,25H,3-7,12-13H2,1-2H3,(H,21,22). The molecule has 6 nitrogen and oxygen atoms in total. The van der Waals surface area contributed by atoms with Gasteiger partial charge in [-0.25, -0.2) is 4.98 Å². The number of thiazole rings is 1. The molecule has 0 aromatic carbocycles. The normalized spacial score (nSPS) is 15.4. The molecule has 7 heteroatoms. The quantitative estimate of drug-likeness (QED) is 0.601. The monoisotopic (exact) mass is 373 g/mol. The Morgan fingerprint density at radius 3 is 2.85 bits per heavy atom. The summed E-state index contributed by atoms with van der Waals surface area (Å²) < 4.78 is 0. The molecule has 26 heavy (non-hydrogen) atoms. The number of pyridine rings is 1. The van der Waals surface area contributed by atoms with E-state index in [4.69, 9.17) is 4.98 Å². The highest BCUT2D eigenvalue weighted by molar-refractivity contribution is 7.11. The van der Waals surface area contributed by atoms with Crippen molar-refractivity contribution >= 4 is 17.3 Å². The number of nitrogens with zero attached hydrogens (tertiary/aromatic N) is 4. The second-order valence-electron chi connectivity index (χ2n) is 6.53. The Hall–Kier alpha value is -1.99. The van der Waals surface area contributed by atoms with Crippen LogP contribution in [0.5, 0.6) is 0 Å². The van der Waals surface area contributed by atoms with Crippen LogP contribution in [0.25, 0.3) is 0 Å². The van der Waals surface area contributed by atoms with Crippen molar-refractivity contribution < 1.29 is 5.11 Å². The van der Waals surface area contributed by atoms with Gasteiger partial charge < -0.3 is 15.3 Å². The van der Waals surface area contributed by atoms with Crippen molar-refractivity contribution in [3.05, 3.63) is 45.7 Å². The van der Waals surface area contributed by atoms with E-state index in [2.05, 4.69) is 20.2 Å². The topological polar surface area (TPSA) is 73.6 Å². The van der Waals surface area contributed by atoms with Crippen molar-refractivity contribution in [2.45, 2.75) is 45.3 Å². The molecule has 1 aliphatic rings. The van der Waals surface area contributed by atoms with Gasteiger partial charge in [0.25, 0.3) is 0 Å². The lowest BCUT2D eigenvalue weighted by molar-refractivity contribution is 0.186. The number of hydrogen-bond acceptors (Lipinski definition) is 5. The molecule has 2 N–H and O–H groups in total. The van der Waals surface area contributed by atoms with E-state index in [9.17, 15) is 5.11 Å². The first-order valence-corrected chi connectivity index (χ1v) is 10.0. The highest BCUT2D eigenvalue weighted by Gasteiger charge is 2.17. The van der Waals surface area contributed by atoms with Crippen LogP contribution in [0.15, 0.2) is 29.5 Å². The van der Waals surface area contributed by atoms with Crippen LogP contribution in [0.4, 0.5) is 0 Å². The number of aliphatic hydroxyl groups excluding tert-OH is 1. The fourth-order valence-corrected chi connectivity index (χ4v) is 4.29. The van der Waals surface area contributed by atoms with Gasteiger partial charge in [-0.2, -0.15) is 0 Å². The maximum Gasteiger partial charge on any atom is 0.194 e. The lowest BCUT2D eigenvalue weighted by atomic mass is 10.0. The minimum absolute atomic E-state index is 0.311. The fraction of sp³-hybridized carbons (Fsp3) is 0.526. The molecule has 2 aromatic rings. The van der Waals surface area contributed by atoms with Crippen molar-refractivity contribution in [1.29, 1.82) is 0 Å². The molecule has 1 aliphatic carbocycles. The Morgan fingerprint density at radius 1 is 1.35 bits per heavy atom. The number of aliphatic imine (C=N–C) groups is 1. The minimum Gasteiger partial charge on any atom is -0.386 e. The Labute approximate surface area is 159 Å². The summed E-state index contributed by atoms with van der Waals surface area (Å²) in [5, 5.41) is 14.8. The average molecular weight is 374 g/mol. The number of guanidine groups is 1. The van der Waals surface area contributed by atoms with Crippen molar-refractivity contribution in [3.8, 4) is 0 Å². The van der Waals surface area contributed by atoms with Crippen molar-refractivity contribution in [2.24, 2.45) is 4.99 Å². The maximum atomic E-state index is 10.3.